The molecule has 1 aliphatic heterocycles. The molecule has 23 heavy (non-hydrogen) atoms. The van der Waals surface area contributed by atoms with E-state index in [9.17, 15) is 4.79 Å². The molecule has 2 N–H and O–H groups in total. The molecule has 0 spiro atoms. The van der Waals surface area contributed by atoms with E-state index in [2.05, 4.69) is 22.5 Å². The van der Waals surface area contributed by atoms with Crippen molar-refractivity contribution in [2.24, 2.45) is 16.8 Å². The maximum absolute atomic E-state index is 11.6. The number of aliphatic imine (C=N–C) groups is 1. The monoisotopic (exact) mass is 320 g/mol. The van der Waals surface area contributed by atoms with Crippen LogP contribution in [-0.2, 0) is 4.79 Å². The van der Waals surface area contributed by atoms with Gasteiger partial charge in [-0.25, -0.2) is 0 Å². The number of guanidine groups is 1. The fourth-order valence-corrected chi connectivity index (χ4v) is 4.25. The summed E-state index contributed by atoms with van der Waals surface area (Å²) in [6, 6.07) is 0.932. The number of nitrogens with zero attached hydrogens (tertiary/aromatic N) is 2. The van der Waals surface area contributed by atoms with E-state index in [0.717, 1.165) is 37.3 Å². The molecule has 2 saturated carbocycles. The third kappa shape index (κ3) is 4.39. The number of carbonyl (C=O) groups excluding carboxylic acids is 1. The van der Waals surface area contributed by atoms with Gasteiger partial charge in [-0.3, -0.25) is 9.79 Å². The Morgan fingerprint density at radius 2 is 2.00 bits per heavy atom. The summed E-state index contributed by atoms with van der Waals surface area (Å²) >= 11 is 0. The van der Waals surface area contributed by atoms with Crippen molar-refractivity contribution in [3.8, 4) is 0 Å². The van der Waals surface area contributed by atoms with Crippen molar-refractivity contribution in [2.45, 2.75) is 70.4 Å². The van der Waals surface area contributed by atoms with Gasteiger partial charge in [-0.05, 0) is 31.6 Å². The second-order valence-corrected chi connectivity index (χ2v) is 7.53. The lowest BCUT2D eigenvalue weighted by atomic mass is 9.85. The molecule has 3 fully saturated rings. The maximum atomic E-state index is 11.6. The highest BCUT2D eigenvalue weighted by atomic mass is 16.2. The molecule has 5 nitrogen and oxygen atoms in total. The first-order valence-corrected chi connectivity index (χ1v) is 9.49. The summed E-state index contributed by atoms with van der Waals surface area (Å²) in [6.45, 7) is 3.64. The molecule has 2 aliphatic carbocycles. The number of piperidine rings is 1. The molecule has 5 heteroatoms. The minimum Gasteiger partial charge on any atom is -0.353 e. The molecule has 3 atom stereocenters. The van der Waals surface area contributed by atoms with E-state index in [1.165, 1.54) is 38.5 Å². The molecular weight excluding hydrogens is 288 g/mol. The molecule has 0 aromatic rings. The number of hydrogen-bond acceptors (Lipinski definition) is 2. The Morgan fingerprint density at radius 3 is 2.70 bits per heavy atom. The minimum absolute atomic E-state index is 0.254. The van der Waals surface area contributed by atoms with Gasteiger partial charge in [0, 0.05) is 38.6 Å². The molecule has 0 aromatic heterocycles. The van der Waals surface area contributed by atoms with Gasteiger partial charge in [0.2, 0.25) is 5.91 Å². The van der Waals surface area contributed by atoms with E-state index in [-0.39, 0.29) is 5.91 Å². The molecular formula is C18H32N4O. The quantitative estimate of drug-likeness (QED) is 0.616. The van der Waals surface area contributed by atoms with E-state index in [0.29, 0.717) is 18.5 Å². The minimum atomic E-state index is 0.254. The van der Waals surface area contributed by atoms with Crippen LogP contribution in [0.1, 0.15) is 58.3 Å². The number of carbonyl (C=O) groups is 1. The second-order valence-electron chi connectivity index (χ2n) is 7.53. The third-order valence-electron chi connectivity index (χ3n) is 5.70. The zero-order valence-corrected chi connectivity index (χ0v) is 14.7. The van der Waals surface area contributed by atoms with E-state index < -0.39 is 0 Å². The highest BCUT2D eigenvalue weighted by Crippen LogP contribution is 2.44. The van der Waals surface area contributed by atoms with Crippen LogP contribution in [0.2, 0.25) is 0 Å². The van der Waals surface area contributed by atoms with E-state index in [4.69, 9.17) is 0 Å². The van der Waals surface area contributed by atoms with Gasteiger partial charge in [0.1, 0.15) is 0 Å². The largest absolute Gasteiger partial charge is 0.353 e. The Kier molecular flexibility index (Phi) is 5.44. The van der Waals surface area contributed by atoms with Crippen LogP contribution in [0.3, 0.4) is 0 Å². The van der Waals surface area contributed by atoms with Gasteiger partial charge < -0.3 is 15.5 Å². The predicted molar refractivity (Wildman–Crippen MR) is 93.4 cm³/mol. The summed E-state index contributed by atoms with van der Waals surface area (Å²) < 4.78 is 0. The standard InChI is InChI=1S/C18H32N4O/c1-3-19-18(20-14-9-10-17(23)22(2)12-14)21-16-11-15(16)13-7-5-4-6-8-13/h13-16H,3-12H2,1-2H3,(H2,19,20,21). The number of hydrogen-bond donors (Lipinski definition) is 2. The zero-order chi connectivity index (χ0) is 16.2. The third-order valence-corrected chi connectivity index (χ3v) is 5.70. The average Bonchev–Trinajstić information content (AvgIpc) is 3.31. The van der Waals surface area contributed by atoms with E-state index in [1.54, 1.807) is 0 Å². The lowest BCUT2D eigenvalue weighted by Crippen LogP contribution is -2.52. The van der Waals surface area contributed by atoms with Crippen molar-refractivity contribution >= 4 is 11.9 Å². The van der Waals surface area contributed by atoms with Gasteiger partial charge in [0.15, 0.2) is 5.96 Å². The highest BCUT2D eigenvalue weighted by Gasteiger charge is 2.43. The van der Waals surface area contributed by atoms with Crippen LogP contribution in [0, 0.1) is 11.8 Å². The lowest BCUT2D eigenvalue weighted by Gasteiger charge is -2.31. The van der Waals surface area contributed by atoms with Crippen molar-refractivity contribution in [3.63, 3.8) is 0 Å². The van der Waals surface area contributed by atoms with E-state index in [1.807, 2.05) is 11.9 Å². The Balaban J connectivity index is 1.48. The van der Waals surface area contributed by atoms with Crippen molar-refractivity contribution in [3.05, 3.63) is 0 Å². The molecule has 0 bridgehead atoms. The summed E-state index contributed by atoms with van der Waals surface area (Å²) in [4.78, 5) is 18.0. The van der Waals surface area contributed by atoms with Crippen LogP contribution < -0.4 is 10.6 Å². The Morgan fingerprint density at radius 1 is 1.22 bits per heavy atom. The zero-order valence-electron chi connectivity index (χ0n) is 14.7. The van der Waals surface area contributed by atoms with E-state index >= 15 is 0 Å². The molecule has 3 unspecified atom stereocenters. The smallest absolute Gasteiger partial charge is 0.222 e. The topological polar surface area (TPSA) is 56.7 Å². The number of rotatable bonds is 4. The number of likely N-dealkylation sites (N-methyl/N-ethyl adjacent to an activating group) is 1. The normalized spacial score (nSPS) is 32.8. The number of amides is 1. The van der Waals surface area contributed by atoms with Gasteiger partial charge in [-0.15, -0.1) is 0 Å². The van der Waals surface area contributed by atoms with Gasteiger partial charge in [0.05, 0.1) is 0 Å². The van der Waals surface area contributed by atoms with Gasteiger partial charge in [-0.1, -0.05) is 32.1 Å². The molecule has 130 valence electrons. The Labute approximate surface area is 140 Å². The predicted octanol–water partition coefficient (Wildman–Crippen LogP) is 2.13. The molecule has 0 radical (unpaired) electrons. The van der Waals surface area contributed by atoms with Crippen LogP contribution in [0.5, 0.6) is 0 Å². The molecule has 3 rings (SSSR count). The van der Waals surface area contributed by atoms with Crippen molar-refractivity contribution in [2.75, 3.05) is 20.1 Å². The van der Waals surface area contributed by atoms with Crippen LogP contribution in [-0.4, -0.2) is 49.0 Å². The van der Waals surface area contributed by atoms with Gasteiger partial charge in [-0.2, -0.15) is 0 Å². The molecule has 0 aromatic carbocycles. The first kappa shape index (κ1) is 16.6. The summed E-state index contributed by atoms with van der Waals surface area (Å²) in [5.74, 6) is 2.99. The molecule has 3 aliphatic rings. The van der Waals surface area contributed by atoms with Crippen molar-refractivity contribution in [1.82, 2.24) is 15.5 Å². The summed E-state index contributed by atoms with van der Waals surface area (Å²) in [6.07, 6.45) is 9.97. The summed E-state index contributed by atoms with van der Waals surface area (Å²) in [7, 11) is 1.89. The van der Waals surface area contributed by atoms with Crippen molar-refractivity contribution in [1.29, 1.82) is 0 Å². The fourth-order valence-electron chi connectivity index (χ4n) is 4.25. The second kappa shape index (κ2) is 7.54. The average molecular weight is 320 g/mol. The Bertz CT molecular complexity index is 444. The first-order chi connectivity index (χ1) is 11.2. The van der Waals surface area contributed by atoms with Crippen LogP contribution >= 0.6 is 0 Å². The van der Waals surface area contributed by atoms with Gasteiger partial charge in [0.25, 0.3) is 0 Å². The van der Waals surface area contributed by atoms with Crippen molar-refractivity contribution < 1.29 is 4.79 Å². The summed E-state index contributed by atoms with van der Waals surface area (Å²) in [5.41, 5.74) is 0. The fraction of sp³-hybridized carbons (Fsp3) is 0.889. The van der Waals surface area contributed by atoms with Gasteiger partial charge >= 0.3 is 0 Å². The van der Waals surface area contributed by atoms with Crippen LogP contribution in [0.15, 0.2) is 4.99 Å². The first-order valence-electron chi connectivity index (χ1n) is 9.49. The van der Waals surface area contributed by atoms with Crippen LogP contribution in [0.4, 0.5) is 0 Å². The molecule has 1 heterocycles. The SMILES string of the molecule is CCN=C(NC1CCC(=O)N(C)C1)NC1CC1C1CCCCC1. The summed E-state index contributed by atoms with van der Waals surface area (Å²) in [5, 5.41) is 7.20. The highest BCUT2D eigenvalue weighted by molar-refractivity contribution is 5.81. The molecule has 1 saturated heterocycles. The lowest BCUT2D eigenvalue weighted by molar-refractivity contribution is -0.132. The number of likely N-dealkylation sites (tertiary alicyclic amines) is 1. The van der Waals surface area contributed by atoms with Crippen LogP contribution in [0.25, 0.3) is 0 Å². The maximum Gasteiger partial charge on any atom is 0.222 e. The molecule has 1 amide bonds. The Hall–Kier alpha value is -1.26. The number of nitrogens with one attached hydrogen (secondary N) is 2.